The fourth-order valence-electron chi connectivity index (χ4n) is 2.03. The molecule has 0 amide bonds. The first-order chi connectivity index (χ1) is 8.59. The molecule has 0 spiro atoms. The highest BCUT2D eigenvalue weighted by Gasteiger charge is 2.38. The van der Waals surface area contributed by atoms with Crippen molar-refractivity contribution >= 4 is 5.97 Å². The second-order valence-electron chi connectivity index (χ2n) is 4.44. The first kappa shape index (κ1) is 13.0. The summed E-state index contributed by atoms with van der Waals surface area (Å²) in [4.78, 5) is 11.8. The van der Waals surface area contributed by atoms with E-state index in [-0.39, 0.29) is 0 Å². The molecule has 4 atom stereocenters. The molecule has 3 N–H and O–H groups in total. The van der Waals surface area contributed by atoms with Crippen LogP contribution in [0.15, 0.2) is 30.3 Å². The zero-order valence-corrected chi connectivity index (χ0v) is 9.77. The first-order valence-electron chi connectivity index (χ1n) is 5.90. The van der Waals surface area contributed by atoms with E-state index in [0.717, 1.165) is 0 Å². The predicted octanol–water partition coefficient (Wildman–Crippen LogP) is 0.0885. The van der Waals surface area contributed by atoms with Crippen LogP contribution in [0, 0.1) is 0 Å². The van der Waals surface area contributed by atoms with E-state index in [4.69, 9.17) is 4.74 Å². The van der Waals surface area contributed by atoms with Crippen molar-refractivity contribution in [2.45, 2.75) is 37.3 Å². The van der Waals surface area contributed by atoms with E-state index in [9.17, 15) is 20.1 Å². The lowest BCUT2D eigenvalue weighted by Gasteiger charge is -2.34. The molecule has 18 heavy (non-hydrogen) atoms. The van der Waals surface area contributed by atoms with Gasteiger partial charge in [0.25, 0.3) is 0 Å². The fourth-order valence-corrected chi connectivity index (χ4v) is 2.03. The zero-order chi connectivity index (χ0) is 13.1. The molecule has 1 aromatic carbocycles. The van der Waals surface area contributed by atoms with Crippen LogP contribution in [-0.2, 0) is 4.74 Å². The molecule has 0 unspecified atom stereocenters. The minimum absolute atomic E-state index is 0.297. The Hall–Kier alpha value is -1.43. The van der Waals surface area contributed by atoms with Crippen molar-refractivity contribution in [2.24, 2.45) is 0 Å². The molecule has 1 aliphatic rings. The molecular weight excluding hydrogens is 236 g/mol. The van der Waals surface area contributed by atoms with E-state index in [1.807, 2.05) is 0 Å². The molecule has 0 heterocycles. The van der Waals surface area contributed by atoms with Gasteiger partial charge in [0.2, 0.25) is 0 Å². The van der Waals surface area contributed by atoms with E-state index in [1.165, 1.54) is 0 Å². The zero-order valence-electron chi connectivity index (χ0n) is 9.77. The van der Waals surface area contributed by atoms with E-state index in [0.29, 0.717) is 18.4 Å². The van der Waals surface area contributed by atoms with Crippen LogP contribution in [0.1, 0.15) is 23.2 Å². The smallest absolute Gasteiger partial charge is 0.338 e. The number of hydrogen-bond acceptors (Lipinski definition) is 5. The van der Waals surface area contributed by atoms with Gasteiger partial charge in [-0.25, -0.2) is 4.79 Å². The molecule has 0 aromatic heterocycles. The molecule has 0 saturated heterocycles. The number of aliphatic hydroxyl groups is 3. The second kappa shape index (κ2) is 5.48. The summed E-state index contributed by atoms with van der Waals surface area (Å²) in [5.41, 5.74) is 0.394. The minimum Gasteiger partial charge on any atom is -0.456 e. The lowest BCUT2D eigenvalue weighted by atomic mass is 9.89. The van der Waals surface area contributed by atoms with Gasteiger partial charge in [-0.1, -0.05) is 18.2 Å². The number of esters is 1. The van der Waals surface area contributed by atoms with Crippen LogP contribution in [0.3, 0.4) is 0 Å². The van der Waals surface area contributed by atoms with Crippen molar-refractivity contribution in [3.63, 3.8) is 0 Å². The average Bonchev–Trinajstić information content (AvgIpc) is 2.40. The summed E-state index contributed by atoms with van der Waals surface area (Å²) in [6, 6.07) is 8.44. The Morgan fingerprint density at radius 3 is 2.39 bits per heavy atom. The number of carbonyl (C=O) groups is 1. The van der Waals surface area contributed by atoms with Gasteiger partial charge in [0, 0.05) is 0 Å². The Labute approximate surface area is 105 Å². The molecule has 1 aromatic rings. The van der Waals surface area contributed by atoms with Crippen molar-refractivity contribution in [1.82, 2.24) is 0 Å². The maximum Gasteiger partial charge on any atom is 0.338 e. The van der Waals surface area contributed by atoms with Crippen LogP contribution in [-0.4, -0.2) is 45.7 Å². The van der Waals surface area contributed by atoms with E-state index in [2.05, 4.69) is 0 Å². The second-order valence-corrected chi connectivity index (χ2v) is 4.44. The Balaban J connectivity index is 2.00. The highest BCUT2D eigenvalue weighted by molar-refractivity contribution is 5.89. The van der Waals surface area contributed by atoms with Crippen molar-refractivity contribution < 1.29 is 24.9 Å². The van der Waals surface area contributed by atoms with Gasteiger partial charge in [-0.2, -0.15) is 0 Å². The summed E-state index contributed by atoms with van der Waals surface area (Å²) >= 11 is 0. The summed E-state index contributed by atoms with van der Waals surface area (Å²) in [6.45, 7) is 0. The maximum absolute atomic E-state index is 11.8. The topological polar surface area (TPSA) is 87.0 Å². The SMILES string of the molecule is O=C(O[C@H]1CC[C@H](O)[C@@H](O)[C@H]1O)c1ccccc1. The molecule has 2 rings (SSSR count). The Morgan fingerprint density at radius 2 is 1.72 bits per heavy atom. The van der Waals surface area contributed by atoms with E-state index < -0.39 is 30.4 Å². The number of hydrogen-bond donors (Lipinski definition) is 3. The van der Waals surface area contributed by atoms with Gasteiger partial charge in [0.15, 0.2) is 0 Å². The quantitative estimate of drug-likeness (QED) is 0.649. The predicted molar refractivity (Wildman–Crippen MR) is 62.9 cm³/mol. The number of aliphatic hydroxyl groups excluding tert-OH is 3. The van der Waals surface area contributed by atoms with Gasteiger partial charge in [-0.05, 0) is 25.0 Å². The number of carbonyl (C=O) groups excluding carboxylic acids is 1. The van der Waals surface area contributed by atoms with Crippen LogP contribution in [0.4, 0.5) is 0 Å². The largest absolute Gasteiger partial charge is 0.456 e. The van der Waals surface area contributed by atoms with Crippen molar-refractivity contribution in [3.8, 4) is 0 Å². The Kier molecular flexibility index (Phi) is 3.96. The molecule has 0 bridgehead atoms. The Morgan fingerprint density at radius 1 is 1.06 bits per heavy atom. The van der Waals surface area contributed by atoms with Crippen LogP contribution in [0.2, 0.25) is 0 Å². The standard InChI is InChI=1S/C13H16O5/c14-9-6-7-10(12(16)11(9)15)18-13(17)8-4-2-1-3-5-8/h1-5,9-12,14-16H,6-7H2/t9-,10-,11+,12-/m0/s1. The lowest BCUT2D eigenvalue weighted by molar-refractivity contribution is -0.137. The van der Waals surface area contributed by atoms with Crippen LogP contribution >= 0.6 is 0 Å². The summed E-state index contributed by atoms with van der Waals surface area (Å²) < 4.78 is 5.15. The van der Waals surface area contributed by atoms with Crippen molar-refractivity contribution in [2.75, 3.05) is 0 Å². The number of rotatable bonds is 2. The molecule has 5 nitrogen and oxygen atoms in total. The molecule has 1 fully saturated rings. The molecule has 1 aliphatic carbocycles. The molecule has 5 heteroatoms. The molecule has 98 valence electrons. The Bertz CT molecular complexity index is 405. The highest BCUT2D eigenvalue weighted by atomic mass is 16.6. The van der Waals surface area contributed by atoms with Crippen molar-refractivity contribution in [3.05, 3.63) is 35.9 Å². The number of ether oxygens (including phenoxy) is 1. The minimum atomic E-state index is -1.27. The van der Waals surface area contributed by atoms with E-state index >= 15 is 0 Å². The van der Waals surface area contributed by atoms with Crippen LogP contribution in [0.25, 0.3) is 0 Å². The third-order valence-corrected chi connectivity index (χ3v) is 3.14. The van der Waals surface area contributed by atoms with Crippen LogP contribution in [0.5, 0.6) is 0 Å². The molecule has 0 aliphatic heterocycles. The summed E-state index contributed by atoms with van der Waals surface area (Å²) in [5.74, 6) is -0.539. The average molecular weight is 252 g/mol. The molecular formula is C13H16O5. The van der Waals surface area contributed by atoms with Crippen molar-refractivity contribution in [1.29, 1.82) is 0 Å². The van der Waals surface area contributed by atoms with Gasteiger partial charge in [-0.15, -0.1) is 0 Å². The molecule has 0 radical (unpaired) electrons. The third-order valence-electron chi connectivity index (χ3n) is 3.14. The summed E-state index contributed by atoms with van der Waals surface area (Å²) in [5, 5.41) is 28.6. The lowest BCUT2D eigenvalue weighted by Crippen LogP contribution is -2.50. The number of benzene rings is 1. The van der Waals surface area contributed by atoms with Gasteiger partial charge < -0.3 is 20.1 Å². The van der Waals surface area contributed by atoms with Gasteiger partial charge in [0.05, 0.1) is 11.7 Å². The summed E-state index contributed by atoms with van der Waals surface area (Å²) in [6.07, 6.45) is -3.64. The third kappa shape index (κ3) is 2.69. The van der Waals surface area contributed by atoms with E-state index in [1.54, 1.807) is 30.3 Å². The van der Waals surface area contributed by atoms with Gasteiger partial charge in [-0.3, -0.25) is 0 Å². The summed E-state index contributed by atoms with van der Waals surface area (Å²) in [7, 11) is 0. The monoisotopic (exact) mass is 252 g/mol. The molecule has 1 saturated carbocycles. The maximum atomic E-state index is 11.8. The van der Waals surface area contributed by atoms with Crippen LogP contribution < -0.4 is 0 Å². The normalized spacial score (nSPS) is 31.9. The fraction of sp³-hybridized carbons (Fsp3) is 0.462. The van der Waals surface area contributed by atoms with Gasteiger partial charge in [0.1, 0.15) is 18.3 Å². The van der Waals surface area contributed by atoms with Gasteiger partial charge >= 0.3 is 5.97 Å². The highest BCUT2D eigenvalue weighted by Crippen LogP contribution is 2.23. The first-order valence-corrected chi connectivity index (χ1v) is 5.90.